The largest absolute Gasteiger partial charge is 0.497 e. The third kappa shape index (κ3) is 6.93. The number of carbonyl (C=O) groups is 1. The molecule has 0 aliphatic heterocycles. The molecule has 1 N–H and O–H groups in total. The van der Waals surface area contributed by atoms with Crippen LogP contribution in [0.2, 0.25) is 0 Å². The number of nitrogens with one attached hydrogen (secondary N) is 1. The highest BCUT2D eigenvalue weighted by atomic mass is 16.5. The molecule has 0 bridgehead atoms. The number of hydrogen-bond acceptors (Lipinski definition) is 4. The first-order valence-corrected chi connectivity index (χ1v) is 8.65. The number of nitrogens with zero attached hydrogens (tertiary/aromatic N) is 2. The van der Waals surface area contributed by atoms with E-state index >= 15 is 0 Å². The van der Waals surface area contributed by atoms with Crippen LogP contribution in [0.3, 0.4) is 0 Å². The summed E-state index contributed by atoms with van der Waals surface area (Å²) in [5, 5.41) is 3.33. The summed E-state index contributed by atoms with van der Waals surface area (Å²) in [6.45, 7) is 2.27. The summed E-state index contributed by atoms with van der Waals surface area (Å²) in [5.41, 5.74) is 2.43. The number of pyridine rings is 1. The number of likely N-dealkylation sites (N-methyl/N-ethyl adjacent to an activating group) is 1. The topological polar surface area (TPSA) is 54.5 Å². The Morgan fingerprint density at radius 1 is 1.12 bits per heavy atom. The van der Waals surface area contributed by atoms with E-state index in [1.807, 2.05) is 37.4 Å². The summed E-state index contributed by atoms with van der Waals surface area (Å²) in [6, 6.07) is 12.0. The molecule has 1 amide bonds. The fourth-order valence-corrected chi connectivity index (χ4v) is 2.54. The minimum Gasteiger partial charge on any atom is -0.497 e. The van der Waals surface area contributed by atoms with Crippen LogP contribution in [0.15, 0.2) is 48.8 Å². The summed E-state index contributed by atoms with van der Waals surface area (Å²) in [7, 11) is 3.54. The second-order valence-corrected chi connectivity index (χ2v) is 6.02. The van der Waals surface area contributed by atoms with Crippen LogP contribution in [0, 0.1) is 0 Å². The van der Waals surface area contributed by atoms with Crippen LogP contribution in [-0.2, 0) is 17.6 Å². The second kappa shape index (κ2) is 10.5. The number of amides is 1. The van der Waals surface area contributed by atoms with Gasteiger partial charge in [0, 0.05) is 39.0 Å². The quantitative estimate of drug-likeness (QED) is 0.674. The van der Waals surface area contributed by atoms with Crippen molar-refractivity contribution < 1.29 is 9.53 Å². The predicted octanol–water partition coefficient (Wildman–Crippen LogP) is 2.31. The van der Waals surface area contributed by atoms with E-state index in [-0.39, 0.29) is 5.91 Å². The Kier molecular flexibility index (Phi) is 7.92. The lowest BCUT2D eigenvalue weighted by Gasteiger charge is -2.17. The van der Waals surface area contributed by atoms with Crippen molar-refractivity contribution in [2.45, 2.75) is 19.3 Å². The molecule has 0 spiro atoms. The summed E-state index contributed by atoms with van der Waals surface area (Å²) in [4.78, 5) is 17.9. The number of methoxy groups -OCH3 is 1. The molecule has 1 heterocycles. The predicted molar refractivity (Wildman–Crippen MR) is 99.8 cm³/mol. The van der Waals surface area contributed by atoms with E-state index in [1.165, 1.54) is 11.1 Å². The van der Waals surface area contributed by atoms with Crippen LogP contribution in [0.25, 0.3) is 0 Å². The third-order valence-corrected chi connectivity index (χ3v) is 4.15. The molecule has 134 valence electrons. The molecule has 25 heavy (non-hydrogen) atoms. The average Bonchev–Trinajstić information content (AvgIpc) is 2.66. The van der Waals surface area contributed by atoms with Crippen molar-refractivity contribution in [2.24, 2.45) is 0 Å². The summed E-state index contributed by atoms with van der Waals surface area (Å²) >= 11 is 0. The first-order chi connectivity index (χ1) is 12.2. The van der Waals surface area contributed by atoms with Crippen molar-refractivity contribution in [2.75, 3.05) is 33.8 Å². The molecule has 0 saturated heterocycles. The maximum Gasteiger partial charge on any atom is 0.223 e. The SMILES string of the molecule is COc1cccc(CCNCCC(=O)N(C)CCc2ccncc2)c1. The van der Waals surface area contributed by atoms with Crippen molar-refractivity contribution in [1.82, 2.24) is 15.2 Å². The lowest BCUT2D eigenvalue weighted by molar-refractivity contribution is -0.129. The molecule has 0 aliphatic rings. The van der Waals surface area contributed by atoms with Crippen molar-refractivity contribution in [3.05, 3.63) is 59.9 Å². The first-order valence-electron chi connectivity index (χ1n) is 8.65. The highest BCUT2D eigenvalue weighted by molar-refractivity contribution is 5.76. The van der Waals surface area contributed by atoms with Gasteiger partial charge in [0.1, 0.15) is 5.75 Å². The molecule has 0 radical (unpaired) electrons. The smallest absolute Gasteiger partial charge is 0.223 e. The minimum atomic E-state index is 0.169. The fraction of sp³-hybridized carbons (Fsp3) is 0.400. The highest BCUT2D eigenvalue weighted by Crippen LogP contribution is 2.12. The number of aromatic nitrogens is 1. The van der Waals surface area contributed by atoms with E-state index < -0.39 is 0 Å². The maximum atomic E-state index is 12.1. The average molecular weight is 341 g/mol. The third-order valence-electron chi connectivity index (χ3n) is 4.15. The standard InChI is InChI=1S/C20H27N3O2/c1-23(15-10-17-6-11-21-12-7-17)20(24)9-14-22-13-8-18-4-3-5-19(16-18)25-2/h3-7,11-12,16,22H,8-10,13-15H2,1-2H3. The zero-order chi connectivity index (χ0) is 17.9. The van der Waals surface area contributed by atoms with Crippen LogP contribution in [0.5, 0.6) is 5.75 Å². The van der Waals surface area contributed by atoms with Gasteiger partial charge in [0.25, 0.3) is 0 Å². The van der Waals surface area contributed by atoms with Gasteiger partial charge >= 0.3 is 0 Å². The van der Waals surface area contributed by atoms with E-state index in [4.69, 9.17) is 4.74 Å². The van der Waals surface area contributed by atoms with Gasteiger partial charge in [0.05, 0.1) is 7.11 Å². The van der Waals surface area contributed by atoms with Crippen LogP contribution < -0.4 is 10.1 Å². The van der Waals surface area contributed by atoms with Gasteiger partial charge in [0.15, 0.2) is 0 Å². The van der Waals surface area contributed by atoms with Crippen LogP contribution in [0.1, 0.15) is 17.5 Å². The first kappa shape index (κ1) is 18.9. The molecule has 2 rings (SSSR count). The number of ether oxygens (including phenoxy) is 1. The lowest BCUT2D eigenvalue weighted by Crippen LogP contribution is -2.32. The molecule has 2 aromatic rings. The van der Waals surface area contributed by atoms with Crippen molar-refractivity contribution in [3.63, 3.8) is 0 Å². The zero-order valence-corrected chi connectivity index (χ0v) is 15.1. The minimum absolute atomic E-state index is 0.169. The van der Waals surface area contributed by atoms with Gasteiger partial charge in [-0.15, -0.1) is 0 Å². The highest BCUT2D eigenvalue weighted by Gasteiger charge is 2.08. The Labute approximate surface area is 150 Å². The van der Waals surface area contributed by atoms with Gasteiger partial charge in [0.2, 0.25) is 5.91 Å². The number of rotatable bonds is 10. The van der Waals surface area contributed by atoms with Crippen molar-refractivity contribution in [1.29, 1.82) is 0 Å². The van der Waals surface area contributed by atoms with Gasteiger partial charge in [-0.05, 0) is 54.8 Å². The lowest BCUT2D eigenvalue weighted by atomic mass is 10.1. The van der Waals surface area contributed by atoms with Crippen LogP contribution >= 0.6 is 0 Å². The molecule has 1 aromatic carbocycles. The molecule has 5 nitrogen and oxygen atoms in total. The molecule has 1 aromatic heterocycles. The Balaban J connectivity index is 1.59. The van der Waals surface area contributed by atoms with Gasteiger partial charge in [-0.2, -0.15) is 0 Å². The zero-order valence-electron chi connectivity index (χ0n) is 15.1. The Morgan fingerprint density at radius 2 is 1.92 bits per heavy atom. The summed E-state index contributed by atoms with van der Waals surface area (Å²) in [5.74, 6) is 1.05. The van der Waals surface area contributed by atoms with Crippen molar-refractivity contribution >= 4 is 5.91 Å². The Hall–Kier alpha value is -2.40. The molecule has 0 saturated carbocycles. The van der Waals surface area contributed by atoms with Crippen LogP contribution in [-0.4, -0.2) is 49.6 Å². The molecule has 0 fully saturated rings. The van der Waals surface area contributed by atoms with Gasteiger partial charge in [-0.1, -0.05) is 12.1 Å². The molecular weight excluding hydrogens is 314 g/mol. The van der Waals surface area contributed by atoms with E-state index in [0.717, 1.165) is 31.7 Å². The normalized spacial score (nSPS) is 10.5. The summed E-state index contributed by atoms with van der Waals surface area (Å²) in [6.07, 6.45) is 5.86. The number of hydrogen-bond donors (Lipinski definition) is 1. The number of carbonyl (C=O) groups excluding carboxylic acids is 1. The maximum absolute atomic E-state index is 12.1. The second-order valence-electron chi connectivity index (χ2n) is 6.02. The van der Waals surface area contributed by atoms with E-state index in [9.17, 15) is 4.79 Å². The van der Waals surface area contributed by atoms with E-state index in [0.29, 0.717) is 13.0 Å². The molecule has 0 atom stereocenters. The molecule has 0 aliphatic carbocycles. The van der Waals surface area contributed by atoms with E-state index in [1.54, 1.807) is 24.4 Å². The van der Waals surface area contributed by atoms with Gasteiger partial charge in [-0.3, -0.25) is 9.78 Å². The summed E-state index contributed by atoms with van der Waals surface area (Å²) < 4.78 is 5.22. The monoisotopic (exact) mass is 341 g/mol. The van der Waals surface area contributed by atoms with Gasteiger partial charge in [-0.25, -0.2) is 0 Å². The fourth-order valence-electron chi connectivity index (χ4n) is 2.54. The molecule has 5 heteroatoms. The molecular formula is C20H27N3O2. The van der Waals surface area contributed by atoms with Gasteiger partial charge < -0.3 is 15.0 Å². The Bertz CT molecular complexity index is 646. The van der Waals surface area contributed by atoms with Crippen LogP contribution in [0.4, 0.5) is 0 Å². The number of benzene rings is 1. The van der Waals surface area contributed by atoms with E-state index in [2.05, 4.69) is 16.4 Å². The molecule has 0 unspecified atom stereocenters. The Morgan fingerprint density at radius 3 is 2.68 bits per heavy atom. The van der Waals surface area contributed by atoms with Crippen molar-refractivity contribution in [3.8, 4) is 5.75 Å².